The third-order valence-corrected chi connectivity index (χ3v) is 4.50. The molecule has 0 radical (unpaired) electrons. The standard InChI is InChI=1S/C22H15F3N8O/c23-22(24,25)19-6-17(4-2-15(19)11-33-12-30-31-13-33)32-21(34)16-5-14(7-27-8-16)1-3-18-9-29-20(26)10-28-18/h2,4-10,12-13H,11H2,(H2,26,29)(H,32,34). The Kier molecular flexibility index (Phi) is 6.18. The number of rotatable bonds is 4. The van der Waals surface area contributed by atoms with Crippen molar-refractivity contribution in [1.82, 2.24) is 29.7 Å². The van der Waals surface area contributed by atoms with Crippen LogP contribution < -0.4 is 11.1 Å². The normalized spacial score (nSPS) is 10.9. The number of carbonyl (C=O) groups is 1. The maximum atomic E-state index is 13.6. The van der Waals surface area contributed by atoms with E-state index in [2.05, 4.69) is 42.3 Å². The van der Waals surface area contributed by atoms with E-state index in [1.54, 1.807) is 0 Å². The van der Waals surface area contributed by atoms with Crippen LogP contribution in [0.1, 0.15) is 32.7 Å². The number of hydrogen-bond acceptors (Lipinski definition) is 7. The summed E-state index contributed by atoms with van der Waals surface area (Å²) in [6.45, 7) is -0.0703. The summed E-state index contributed by atoms with van der Waals surface area (Å²) in [5.41, 5.74) is 5.50. The summed E-state index contributed by atoms with van der Waals surface area (Å²) in [5, 5.41) is 9.65. The Morgan fingerprint density at radius 1 is 1.03 bits per heavy atom. The van der Waals surface area contributed by atoms with Crippen LogP contribution in [0.2, 0.25) is 0 Å². The van der Waals surface area contributed by atoms with Gasteiger partial charge >= 0.3 is 6.18 Å². The van der Waals surface area contributed by atoms with Crippen LogP contribution in [0.4, 0.5) is 24.7 Å². The molecule has 1 amide bonds. The maximum Gasteiger partial charge on any atom is 0.416 e. The smallest absolute Gasteiger partial charge is 0.382 e. The molecule has 0 atom stereocenters. The lowest BCUT2D eigenvalue weighted by Gasteiger charge is -2.15. The number of alkyl halides is 3. The molecule has 4 aromatic rings. The van der Waals surface area contributed by atoms with E-state index in [1.165, 1.54) is 60.2 Å². The van der Waals surface area contributed by atoms with Gasteiger partial charge in [0, 0.05) is 23.6 Å². The fraction of sp³-hybridized carbons (Fsp3) is 0.0909. The van der Waals surface area contributed by atoms with Crippen molar-refractivity contribution in [2.75, 3.05) is 11.1 Å². The number of carbonyl (C=O) groups excluding carboxylic acids is 1. The second kappa shape index (κ2) is 9.37. The van der Waals surface area contributed by atoms with Crippen LogP contribution in [0.3, 0.4) is 0 Å². The summed E-state index contributed by atoms with van der Waals surface area (Å²) in [6.07, 6.45) is 3.50. The van der Waals surface area contributed by atoms with Gasteiger partial charge in [0.15, 0.2) is 0 Å². The molecule has 12 heteroatoms. The number of aromatic nitrogens is 6. The fourth-order valence-corrected chi connectivity index (χ4v) is 2.93. The molecule has 0 fully saturated rings. The zero-order valence-electron chi connectivity index (χ0n) is 17.3. The van der Waals surface area contributed by atoms with Gasteiger partial charge in [-0.05, 0) is 29.7 Å². The van der Waals surface area contributed by atoms with E-state index in [9.17, 15) is 18.0 Å². The molecule has 0 unspecified atom stereocenters. The molecule has 3 heterocycles. The van der Waals surface area contributed by atoms with Crippen LogP contribution in [0, 0.1) is 11.8 Å². The van der Waals surface area contributed by atoms with Crippen LogP contribution >= 0.6 is 0 Å². The van der Waals surface area contributed by atoms with Gasteiger partial charge in [0.25, 0.3) is 5.91 Å². The van der Waals surface area contributed by atoms with Crippen molar-refractivity contribution < 1.29 is 18.0 Å². The predicted molar refractivity (Wildman–Crippen MR) is 115 cm³/mol. The Hall–Kier alpha value is -4.79. The van der Waals surface area contributed by atoms with E-state index in [-0.39, 0.29) is 29.2 Å². The molecule has 0 aliphatic heterocycles. The zero-order chi connectivity index (χ0) is 24.1. The number of nitrogens with two attached hydrogens (primary N) is 1. The Labute approximate surface area is 190 Å². The highest BCUT2D eigenvalue weighted by Gasteiger charge is 2.33. The average Bonchev–Trinajstić information content (AvgIpc) is 3.32. The lowest BCUT2D eigenvalue weighted by atomic mass is 10.1. The molecular weight excluding hydrogens is 449 g/mol. The van der Waals surface area contributed by atoms with Gasteiger partial charge in [-0.2, -0.15) is 13.2 Å². The molecule has 4 rings (SSSR count). The van der Waals surface area contributed by atoms with Crippen molar-refractivity contribution in [3.8, 4) is 11.8 Å². The van der Waals surface area contributed by atoms with E-state index in [4.69, 9.17) is 5.73 Å². The number of pyridine rings is 1. The summed E-state index contributed by atoms with van der Waals surface area (Å²) in [7, 11) is 0. The Bertz CT molecular complexity index is 1370. The largest absolute Gasteiger partial charge is 0.416 e. The molecule has 0 spiro atoms. The molecule has 3 N–H and O–H groups in total. The summed E-state index contributed by atoms with van der Waals surface area (Å²) in [6, 6.07) is 5.04. The zero-order valence-corrected chi connectivity index (χ0v) is 17.3. The van der Waals surface area contributed by atoms with Gasteiger partial charge in [0.05, 0.1) is 30.1 Å². The van der Waals surface area contributed by atoms with Crippen molar-refractivity contribution in [2.24, 2.45) is 0 Å². The average molecular weight is 464 g/mol. The number of nitrogens with zero attached hydrogens (tertiary/aromatic N) is 6. The van der Waals surface area contributed by atoms with Gasteiger partial charge in [-0.15, -0.1) is 10.2 Å². The van der Waals surface area contributed by atoms with Crippen molar-refractivity contribution >= 4 is 17.4 Å². The predicted octanol–water partition coefficient (Wildman–Crippen LogP) is 2.76. The lowest BCUT2D eigenvalue weighted by Crippen LogP contribution is -2.15. The number of benzene rings is 1. The summed E-state index contributed by atoms with van der Waals surface area (Å²) >= 11 is 0. The Morgan fingerprint density at radius 3 is 2.53 bits per heavy atom. The van der Waals surface area contributed by atoms with Gasteiger partial charge in [-0.1, -0.05) is 12.0 Å². The van der Waals surface area contributed by atoms with Gasteiger partial charge in [0.2, 0.25) is 0 Å². The first kappa shape index (κ1) is 22.4. The van der Waals surface area contributed by atoms with Crippen LogP contribution in [-0.4, -0.2) is 35.6 Å². The molecule has 3 aromatic heterocycles. The molecule has 0 saturated carbocycles. The first-order valence-electron chi connectivity index (χ1n) is 9.66. The van der Waals surface area contributed by atoms with Gasteiger partial charge in [-0.3, -0.25) is 9.78 Å². The molecule has 0 bridgehead atoms. The van der Waals surface area contributed by atoms with Crippen molar-refractivity contribution in [3.63, 3.8) is 0 Å². The second-order valence-electron chi connectivity index (χ2n) is 7.00. The first-order chi connectivity index (χ1) is 16.3. The quantitative estimate of drug-likeness (QED) is 0.445. The number of nitrogen functional groups attached to an aromatic ring is 1. The van der Waals surface area contributed by atoms with Crippen LogP contribution in [-0.2, 0) is 12.7 Å². The van der Waals surface area contributed by atoms with E-state index < -0.39 is 17.6 Å². The molecule has 170 valence electrons. The monoisotopic (exact) mass is 464 g/mol. The highest BCUT2D eigenvalue weighted by atomic mass is 19.4. The van der Waals surface area contributed by atoms with Gasteiger partial charge < -0.3 is 15.6 Å². The molecule has 0 aliphatic carbocycles. The third kappa shape index (κ3) is 5.52. The van der Waals surface area contributed by atoms with Crippen LogP contribution in [0.15, 0.2) is 61.7 Å². The van der Waals surface area contributed by atoms with Crippen molar-refractivity contribution in [1.29, 1.82) is 0 Å². The summed E-state index contributed by atoms with van der Waals surface area (Å²) < 4.78 is 42.3. The lowest BCUT2D eigenvalue weighted by molar-refractivity contribution is -0.138. The number of anilines is 2. The van der Waals surface area contributed by atoms with Crippen molar-refractivity contribution in [3.05, 3.63) is 89.7 Å². The van der Waals surface area contributed by atoms with Gasteiger partial charge in [-0.25, -0.2) is 9.97 Å². The minimum Gasteiger partial charge on any atom is -0.382 e. The Morgan fingerprint density at radius 2 is 1.82 bits per heavy atom. The maximum absolute atomic E-state index is 13.6. The minimum atomic E-state index is -4.62. The molecule has 9 nitrogen and oxygen atoms in total. The fourth-order valence-electron chi connectivity index (χ4n) is 2.93. The van der Waals surface area contributed by atoms with Crippen LogP contribution in [0.5, 0.6) is 0 Å². The SMILES string of the molecule is Nc1cnc(C#Cc2cncc(C(=O)Nc3ccc(Cn4cnnc4)c(C(F)(F)F)c3)c2)cn1. The first-order valence-corrected chi connectivity index (χ1v) is 9.66. The number of halogens is 3. The minimum absolute atomic E-state index is 0.00926. The summed E-state index contributed by atoms with van der Waals surface area (Å²) in [5.74, 6) is 5.19. The molecular formula is C22H15F3N8O. The number of amides is 1. The van der Waals surface area contributed by atoms with E-state index >= 15 is 0 Å². The van der Waals surface area contributed by atoms with E-state index in [0.29, 0.717) is 11.3 Å². The topological polar surface area (TPSA) is 125 Å². The molecule has 0 saturated heterocycles. The van der Waals surface area contributed by atoms with E-state index in [1.807, 2.05) is 0 Å². The van der Waals surface area contributed by atoms with Crippen molar-refractivity contribution in [2.45, 2.75) is 12.7 Å². The summed E-state index contributed by atoms with van der Waals surface area (Å²) in [4.78, 5) is 24.5. The number of nitrogens with one attached hydrogen (secondary N) is 1. The molecule has 34 heavy (non-hydrogen) atoms. The number of hydrogen-bond donors (Lipinski definition) is 2. The molecule has 0 aliphatic rings. The second-order valence-corrected chi connectivity index (χ2v) is 7.00. The highest BCUT2D eigenvalue weighted by molar-refractivity contribution is 6.04. The molecule has 1 aromatic carbocycles. The Balaban J connectivity index is 1.53. The van der Waals surface area contributed by atoms with Gasteiger partial charge in [0.1, 0.15) is 24.2 Å². The van der Waals surface area contributed by atoms with Crippen LogP contribution in [0.25, 0.3) is 0 Å². The highest BCUT2D eigenvalue weighted by Crippen LogP contribution is 2.34. The third-order valence-electron chi connectivity index (χ3n) is 4.50. The van der Waals surface area contributed by atoms with E-state index in [0.717, 1.165) is 6.07 Å².